The molecule has 6 aromatic rings. The molecule has 422 valence electrons. The first-order chi connectivity index (χ1) is 35.5. The summed E-state index contributed by atoms with van der Waals surface area (Å²) < 4.78 is 193. The molecule has 4 atom stereocenters. The fraction of sp³-hybridized carbons (Fsp3) is 0.216. The number of ketones is 1. The summed E-state index contributed by atoms with van der Waals surface area (Å²) in [6.45, 7) is -1.28. The van der Waals surface area contributed by atoms with Gasteiger partial charge in [0.15, 0.2) is 23.0 Å². The summed E-state index contributed by atoms with van der Waals surface area (Å²) in [7, 11) is 0. The SMILES string of the molecule is N#CC(O)(c1ccccc1)C(F)(F)F.NC(=O)C(O)(c1ccccc1)C(F)(F)F.NC(=O)C(OCc1ccccc1)(c1ccccc1)C(F)(F)F.NCC(O)(c1ccccc1)C(F)(F)F.O=C(c1ccccc1)C(F)(F)F.[AlH3].[H-].[Li+]. The number of hydrogen-bond donors (Lipinski definition) is 6. The number of Topliss-reactive ketones (excluding diaryl/α,β-unsaturated/α-hetero) is 1. The van der Waals surface area contributed by atoms with Gasteiger partial charge in [-0.1, -0.05) is 182 Å². The van der Waals surface area contributed by atoms with E-state index in [-0.39, 0.29) is 54.3 Å². The number of amides is 2. The van der Waals surface area contributed by atoms with Crippen LogP contribution in [0.1, 0.15) is 39.6 Å². The van der Waals surface area contributed by atoms with E-state index in [0.29, 0.717) is 5.56 Å². The van der Waals surface area contributed by atoms with Crippen LogP contribution in [0.15, 0.2) is 182 Å². The number of benzene rings is 6. The second-order valence-electron chi connectivity index (χ2n) is 15.4. The number of rotatable bonds is 11. The summed E-state index contributed by atoms with van der Waals surface area (Å²) in [5.74, 6) is -5.24. The zero-order valence-corrected chi connectivity index (χ0v) is 40.1. The summed E-state index contributed by atoms with van der Waals surface area (Å²) in [5, 5.41) is 36.2. The Morgan fingerprint density at radius 2 is 0.823 bits per heavy atom. The van der Waals surface area contributed by atoms with E-state index in [1.807, 2.05) is 0 Å². The third-order valence-electron chi connectivity index (χ3n) is 10.3. The van der Waals surface area contributed by atoms with Crippen molar-refractivity contribution < 1.29 is 121 Å². The molecule has 9 N–H and O–H groups in total. The Morgan fingerprint density at radius 3 is 1.11 bits per heavy atom. The molecular formula is C51H47AlF15LiN4O7. The van der Waals surface area contributed by atoms with E-state index in [1.165, 1.54) is 97.1 Å². The number of carbonyl (C=O) groups is 3. The van der Waals surface area contributed by atoms with Gasteiger partial charge in [-0.05, 0) is 11.1 Å². The maximum absolute atomic E-state index is 13.6. The molecule has 0 saturated heterocycles. The monoisotopic (exact) mass is 1150 g/mol. The summed E-state index contributed by atoms with van der Waals surface area (Å²) >= 11 is 0. The van der Waals surface area contributed by atoms with Crippen molar-refractivity contribution in [1.82, 2.24) is 0 Å². The van der Waals surface area contributed by atoms with E-state index < -0.39 is 95.2 Å². The van der Waals surface area contributed by atoms with Gasteiger partial charge in [0.2, 0.25) is 0 Å². The molecule has 0 radical (unpaired) electrons. The Labute approximate surface area is 464 Å². The van der Waals surface area contributed by atoms with Crippen molar-refractivity contribution in [3.05, 3.63) is 215 Å². The molecule has 0 fully saturated rings. The molecule has 0 aliphatic carbocycles. The normalized spacial score (nSPS) is 14.4. The average molecular weight is 1150 g/mol. The number of hydrogen-bond acceptors (Lipinski definition) is 9. The second-order valence-corrected chi connectivity index (χ2v) is 15.4. The Morgan fingerprint density at radius 1 is 0.481 bits per heavy atom. The second kappa shape index (κ2) is 30.0. The van der Waals surface area contributed by atoms with Crippen molar-refractivity contribution in [2.75, 3.05) is 6.54 Å². The molecule has 11 nitrogen and oxygen atoms in total. The summed E-state index contributed by atoms with van der Waals surface area (Å²) in [6.07, 6.45) is -24.7. The number of nitrogens with zero attached hydrogens (tertiary/aromatic N) is 1. The van der Waals surface area contributed by atoms with E-state index in [2.05, 4.69) is 5.73 Å². The molecule has 6 rings (SSSR count). The van der Waals surface area contributed by atoms with Gasteiger partial charge in [0.05, 0.1) is 6.61 Å². The summed E-state index contributed by atoms with van der Waals surface area (Å²) in [6, 6.07) is 41.4. The molecule has 0 heterocycles. The molecule has 79 heavy (non-hydrogen) atoms. The maximum atomic E-state index is 13.6. The van der Waals surface area contributed by atoms with Crippen LogP contribution in [0.4, 0.5) is 65.9 Å². The van der Waals surface area contributed by atoms with Crippen LogP contribution in [0.3, 0.4) is 0 Å². The van der Waals surface area contributed by atoms with E-state index in [4.69, 9.17) is 26.6 Å². The first-order valence-electron chi connectivity index (χ1n) is 21.2. The van der Waals surface area contributed by atoms with Gasteiger partial charge in [0, 0.05) is 28.8 Å². The van der Waals surface area contributed by atoms with E-state index >= 15 is 0 Å². The molecule has 2 amide bonds. The Hall–Kier alpha value is -6.70. The minimum atomic E-state index is -5.14. The van der Waals surface area contributed by atoms with Crippen molar-refractivity contribution in [3.63, 3.8) is 0 Å². The predicted octanol–water partition coefficient (Wildman–Crippen LogP) is 5.79. The number of nitriles is 1. The first kappa shape index (κ1) is 72.3. The van der Waals surface area contributed by atoms with Gasteiger partial charge >= 0.3 is 49.7 Å². The predicted molar refractivity (Wildman–Crippen MR) is 256 cm³/mol. The zero-order valence-electron chi connectivity index (χ0n) is 41.1. The van der Waals surface area contributed by atoms with Crippen LogP contribution >= 0.6 is 0 Å². The van der Waals surface area contributed by atoms with Gasteiger partial charge < -0.3 is 38.7 Å². The fourth-order valence-electron chi connectivity index (χ4n) is 6.08. The smallest absolute Gasteiger partial charge is 1.00 e. The average Bonchev–Trinajstić information content (AvgIpc) is 3.38. The molecule has 4 unspecified atom stereocenters. The van der Waals surface area contributed by atoms with Crippen LogP contribution in [0.5, 0.6) is 0 Å². The van der Waals surface area contributed by atoms with Crippen LogP contribution in [-0.4, -0.2) is 87.7 Å². The van der Waals surface area contributed by atoms with Crippen molar-refractivity contribution in [1.29, 1.82) is 5.26 Å². The van der Waals surface area contributed by atoms with Crippen molar-refractivity contribution >= 4 is 35.0 Å². The third kappa shape index (κ3) is 18.7. The van der Waals surface area contributed by atoms with Crippen LogP contribution in [-0.2, 0) is 43.3 Å². The standard InChI is InChI=1S/C16H14F3NO2.C9H8F3NO2.C9H10F3NO.C9H6F3NO.C8H5F3O.Al.Li.4H/c17-16(18,19)15(14(20)21,13-9-5-2-6-10-13)22-11-12-7-3-1-4-8-12;10-9(11,12)8(15,7(13)14)6-4-2-1-3-5-6;2*10-9(11,12)8(14,6-13)7-4-2-1-3-5-7;9-8(10,11)7(12)6-4-2-1-3-5-6;;;;;;/h1-10H,11H2,(H2,20,21);1-5,15H,(H2,13,14);1-5,14H,6,13H2;1-5,14H;1-5H;;;;;;/q;;;;;;+1;;;;-1. The summed E-state index contributed by atoms with van der Waals surface area (Å²) in [5.41, 5.74) is -0.0471. The molecule has 0 spiro atoms. The number of nitrogens with two attached hydrogens (primary N) is 3. The van der Waals surface area contributed by atoms with Crippen LogP contribution in [0.25, 0.3) is 0 Å². The van der Waals surface area contributed by atoms with Gasteiger partial charge in [-0.25, -0.2) is 0 Å². The van der Waals surface area contributed by atoms with Crippen molar-refractivity contribution in [2.24, 2.45) is 17.2 Å². The quantitative estimate of drug-likeness (QED) is 0.0400. The van der Waals surface area contributed by atoms with Crippen LogP contribution < -0.4 is 36.1 Å². The number of primary amides is 2. The molecule has 0 aliphatic rings. The summed E-state index contributed by atoms with van der Waals surface area (Å²) in [4.78, 5) is 32.9. The number of halogens is 15. The van der Waals surface area contributed by atoms with E-state index in [1.54, 1.807) is 48.5 Å². The molecule has 28 heteroatoms. The van der Waals surface area contributed by atoms with Crippen LogP contribution in [0, 0.1) is 11.3 Å². The van der Waals surface area contributed by atoms with Crippen molar-refractivity contribution in [2.45, 2.75) is 59.9 Å². The Bertz CT molecular complexity index is 2830. The largest absolute Gasteiger partial charge is 1.00 e. The van der Waals surface area contributed by atoms with Gasteiger partial charge in [-0.15, -0.1) is 0 Å². The topological polar surface area (TPSA) is 223 Å². The zero-order chi connectivity index (χ0) is 58.7. The van der Waals surface area contributed by atoms with Crippen molar-refractivity contribution in [3.8, 4) is 6.07 Å². The minimum Gasteiger partial charge on any atom is -1.00 e. The van der Waals surface area contributed by atoms with Crippen LogP contribution in [0.2, 0.25) is 0 Å². The third-order valence-corrected chi connectivity index (χ3v) is 10.3. The number of ether oxygens (including phenoxy) is 1. The molecule has 0 aromatic heterocycles. The molecule has 6 aromatic carbocycles. The molecule has 0 saturated carbocycles. The number of aliphatic hydroxyl groups is 3. The Balaban J connectivity index is 0. The fourth-order valence-corrected chi connectivity index (χ4v) is 6.08. The Kier molecular flexibility index (Phi) is 27.5. The van der Waals surface area contributed by atoms with E-state index in [9.17, 15) is 90.5 Å². The number of alkyl halides is 15. The van der Waals surface area contributed by atoms with Gasteiger partial charge in [0.25, 0.3) is 34.4 Å². The van der Waals surface area contributed by atoms with Gasteiger partial charge in [-0.3, -0.25) is 14.4 Å². The number of carbonyl (C=O) groups excluding carboxylic acids is 3. The van der Waals surface area contributed by atoms with Gasteiger partial charge in [-0.2, -0.15) is 71.1 Å². The minimum absolute atomic E-state index is 0. The van der Waals surface area contributed by atoms with Gasteiger partial charge in [0.1, 0.15) is 6.07 Å². The maximum Gasteiger partial charge on any atom is 1.00 e. The molecular weight excluding hydrogens is 1100 g/mol. The van der Waals surface area contributed by atoms with E-state index in [0.717, 1.165) is 42.5 Å². The molecule has 0 aliphatic heterocycles. The molecule has 0 bridgehead atoms. The first-order valence-corrected chi connectivity index (χ1v) is 21.2.